The van der Waals surface area contributed by atoms with Gasteiger partial charge < -0.3 is 10.1 Å². The summed E-state index contributed by atoms with van der Waals surface area (Å²) < 4.78 is 19.7. The molecule has 2 aliphatic rings. The van der Waals surface area contributed by atoms with Gasteiger partial charge in [-0.05, 0) is 68.0 Å². The summed E-state index contributed by atoms with van der Waals surface area (Å²) in [7, 11) is 0. The van der Waals surface area contributed by atoms with Gasteiger partial charge >= 0.3 is 6.09 Å². The summed E-state index contributed by atoms with van der Waals surface area (Å²) in [6.45, 7) is 1.20. The van der Waals surface area contributed by atoms with Crippen LogP contribution in [0.15, 0.2) is 48.5 Å². The number of amides is 1. The number of hydrogen-bond donors (Lipinski definition) is 1. The van der Waals surface area contributed by atoms with Crippen molar-refractivity contribution in [1.82, 2.24) is 20.4 Å². The molecule has 1 aliphatic heterocycles. The Labute approximate surface area is 207 Å². The zero-order valence-corrected chi connectivity index (χ0v) is 19.7. The largest absolute Gasteiger partial charge is 0.441 e. The summed E-state index contributed by atoms with van der Waals surface area (Å²) in [5.41, 5.74) is 0.436. The third kappa shape index (κ3) is 5.05. The van der Waals surface area contributed by atoms with E-state index >= 15 is 0 Å². The Bertz CT molecular complexity index is 1140. The number of ether oxygens (including phenoxy) is 1. The van der Waals surface area contributed by atoms with Crippen LogP contribution in [0.5, 0.6) is 0 Å². The van der Waals surface area contributed by atoms with E-state index in [1.54, 1.807) is 36.4 Å². The molecule has 3 heterocycles. The van der Waals surface area contributed by atoms with E-state index in [2.05, 4.69) is 25.7 Å². The van der Waals surface area contributed by atoms with Gasteiger partial charge in [0.2, 0.25) is 0 Å². The molecule has 1 amide bonds. The van der Waals surface area contributed by atoms with Gasteiger partial charge in [-0.15, -0.1) is 32.8 Å². The van der Waals surface area contributed by atoms with Gasteiger partial charge in [-0.1, -0.05) is 23.7 Å². The number of carbonyl (C=O) groups is 1. The van der Waals surface area contributed by atoms with E-state index in [1.165, 1.54) is 11.0 Å². The number of hydrogen-bond acceptors (Lipinski definition) is 7. The van der Waals surface area contributed by atoms with Crippen LogP contribution in [0.1, 0.15) is 25.7 Å². The van der Waals surface area contributed by atoms with Gasteiger partial charge in [0.05, 0.1) is 12.2 Å². The third-order valence-corrected chi connectivity index (χ3v) is 6.47. The lowest BCUT2D eigenvalue weighted by molar-refractivity contribution is 0.0148. The second kappa shape index (κ2) is 10.1. The van der Waals surface area contributed by atoms with Crippen molar-refractivity contribution in [3.8, 4) is 11.3 Å². The maximum absolute atomic E-state index is 13.9. The van der Waals surface area contributed by atoms with Gasteiger partial charge in [-0.25, -0.2) is 9.18 Å². The van der Waals surface area contributed by atoms with E-state index < -0.39 is 11.7 Å². The van der Waals surface area contributed by atoms with Crippen LogP contribution in [0.25, 0.3) is 11.3 Å². The molecule has 0 bridgehead atoms. The van der Waals surface area contributed by atoms with Gasteiger partial charge in [0.1, 0.15) is 17.2 Å². The highest BCUT2D eigenvalue weighted by Crippen LogP contribution is 2.40. The normalized spacial score (nSPS) is 21.8. The Kier molecular flexibility index (Phi) is 7.13. The average Bonchev–Trinajstić information content (AvgIpc) is 3.15. The topological polar surface area (TPSA) is 93.1 Å². The van der Waals surface area contributed by atoms with Gasteiger partial charge in [0.15, 0.2) is 11.0 Å². The molecule has 8 nitrogen and oxygen atoms in total. The molecule has 1 N–H and O–H groups in total. The number of halogens is 3. The summed E-state index contributed by atoms with van der Waals surface area (Å²) >= 11 is 5.79. The fraction of sp³-hybridized carbons (Fsp3) is 0.348. The second-order valence-corrected chi connectivity index (χ2v) is 8.85. The lowest BCUT2D eigenvalue weighted by Crippen LogP contribution is -2.39. The lowest BCUT2D eigenvalue weighted by atomic mass is 9.78. The zero-order chi connectivity index (χ0) is 22.8. The predicted octanol–water partition coefficient (Wildman–Crippen LogP) is 5.15. The third-order valence-electron chi connectivity index (χ3n) is 6.27. The van der Waals surface area contributed by atoms with E-state index in [-0.39, 0.29) is 23.4 Å². The van der Waals surface area contributed by atoms with Crippen molar-refractivity contribution in [3.05, 3.63) is 59.5 Å². The zero-order valence-electron chi connectivity index (χ0n) is 18.2. The molecule has 1 spiro atoms. The minimum absolute atomic E-state index is 0. The van der Waals surface area contributed by atoms with Gasteiger partial charge in [0, 0.05) is 12.1 Å². The molecular weight excluding hydrogens is 482 g/mol. The molecule has 34 heavy (non-hydrogen) atoms. The first-order chi connectivity index (χ1) is 16.0. The Morgan fingerprint density at radius 3 is 2.53 bits per heavy atom. The van der Waals surface area contributed by atoms with Crippen LogP contribution >= 0.6 is 24.0 Å². The number of carbonyl (C=O) groups excluding carboxylic acids is 1. The number of nitrogens with zero attached hydrogens (tertiary/aromatic N) is 5. The fourth-order valence-electron chi connectivity index (χ4n) is 4.41. The van der Waals surface area contributed by atoms with E-state index in [9.17, 15) is 9.18 Å². The molecule has 1 saturated carbocycles. The van der Waals surface area contributed by atoms with Crippen LogP contribution in [0.2, 0.25) is 5.15 Å². The molecule has 2 aromatic heterocycles. The quantitative estimate of drug-likeness (QED) is 0.513. The first kappa shape index (κ1) is 24.1. The summed E-state index contributed by atoms with van der Waals surface area (Å²) in [6.07, 6.45) is 3.00. The highest BCUT2D eigenvalue weighted by molar-refractivity contribution is 6.29. The van der Waals surface area contributed by atoms with Crippen LogP contribution in [0.3, 0.4) is 0 Å². The van der Waals surface area contributed by atoms with Crippen LogP contribution in [0, 0.1) is 11.7 Å². The second-order valence-electron chi connectivity index (χ2n) is 8.46. The van der Waals surface area contributed by atoms with Crippen LogP contribution in [-0.2, 0) is 4.74 Å². The smallest absolute Gasteiger partial charge is 0.416 e. The van der Waals surface area contributed by atoms with Crippen molar-refractivity contribution >= 4 is 41.7 Å². The van der Waals surface area contributed by atoms with Crippen molar-refractivity contribution in [1.29, 1.82) is 0 Å². The fourth-order valence-corrected chi connectivity index (χ4v) is 4.51. The highest BCUT2D eigenvalue weighted by Gasteiger charge is 2.48. The minimum Gasteiger partial charge on any atom is -0.441 e. The Balaban J connectivity index is 0.00000274. The van der Waals surface area contributed by atoms with Crippen molar-refractivity contribution in [3.63, 3.8) is 0 Å². The van der Waals surface area contributed by atoms with E-state index in [0.717, 1.165) is 32.2 Å². The first-order valence-corrected chi connectivity index (χ1v) is 11.2. The van der Waals surface area contributed by atoms with Gasteiger partial charge in [0.25, 0.3) is 0 Å². The van der Waals surface area contributed by atoms with Crippen molar-refractivity contribution in [2.45, 2.75) is 31.3 Å². The summed E-state index contributed by atoms with van der Waals surface area (Å²) in [5.74, 6) is 1.20. The molecular formula is C23H23Cl2FN6O2. The number of rotatable bonds is 5. The number of aromatic nitrogens is 4. The standard InChI is InChI=1S/C23H22ClFN6O2.ClH/c24-19-6-8-21(30-28-19)31-14-23(33-22(31)32)11-9-15(10-12-23)13-26-20-7-5-18(27-29-20)16-3-1-2-4-17(16)25;/h1-8,15H,9-14H2,(H,26,29);1H/t15-,23-;. The first-order valence-electron chi connectivity index (χ1n) is 10.8. The Hall–Kier alpha value is -3.04. The molecule has 0 atom stereocenters. The number of benzene rings is 1. The van der Waals surface area contributed by atoms with Crippen LogP contribution < -0.4 is 10.2 Å². The summed E-state index contributed by atoms with van der Waals surface area (Å²) in [6, 6.07) is 13.3. The van der Waals surface area contributed by atoms with Crippen molar-refractivity contribution in [2.24, 2.45) is 5.92 Å². The molecule has 0 unspecified atom stereocenters. The average molecular weight is 505 g/mol. The molecule has 3 aromatic rings. The Morgan fingerprint density at radius 2 is 1.85 bits per heavy atom. The summed E-state index contributed by atoms with van der Waals surface area (Å²) in [5, 5.41) is 19.7. The molecule has 0 radical (unpaired) electrons. The minimum atomic E-state index is -0.490. The Morgan fingerprint density at radius 1 is 1.06 bits per heavy atom. The summed E-state index contributed by atoms with van der Waals surface area (Å²) in [4.78, 5) is 14.0. The van der Waals surface area contributed by atoms with Crippen molar-refractivity contribution in [2.75, 3.05) is 23.3 Å². The van der Waals surface area contributed by atoms with E-state index in [1.807, 2.05) is 6.07 Å². The van der Waals surface area contributed by atoms with Gasteiger partial charge in [-0.2, -0.15) is 0 Å². The molecule has 1 aliphatic carbocycles. The molecule has 1 saturated heterocycles. The molecule has 11 heteroatoms. The van der Waals surface area contributed by atoms with E-state index in [4.69, 9.17) is 16.3 Å². The number of anilines is 2. The molecule has 5 rings (SSSR count). The lowest BCUT2D eigenvalue weighted by Gasteiger charge is -2.35. The molecule has 178 valence electrons. The molecule has 2 fully saturated rings. The number of nitrogens with one attached hydrogen (secondary N) is 1. The van der Waals surface area contributed by atoms with Gasteiger partial charge in [-0.3, -0.25) is 4.90 Å². The van der Waals surface area contributed by atoms with Crippen molar-refractivity contribution < 1.29 is 13.9 Å². The van der Waals surface area contributed by atoms with E-state index in [0.29, 0.717) is 35.4 Å². The maximum Gasteiger partial charge on any atom is 0.416 e. The maximum atomic E-state index is 13.9. The molecule has 1 aromatic carbocycles. The van der Waals surface area contributed by atoms with Crippen LogP contribution in [0.4, 0.5) is 20.8 Å². The predicted molar refractivity (Wildman–Crippen MR) is 129 cm³/mol. The monoisotopic (exact) mass is 504 g/mol. The highest BCUT2D eigenvalue weighted by atomic mass is 35.5. The SMILES string of the molecule is Cl.O=C1O[C@]2(CC[C@H](CNc3ccc(-c4ccccc4F)nn3)CC2)CN1c1ccc(Cl)nn1. The van der Waals surface area contributed by atoms with Crippen LogP contribution in [-0.4, -0.2) is 45.2 Å².